The second kappa shape index (κ2) is 11.0. The van der Waals surface area contributed by atoms with E-state index in [1.165, 1.54) is 24.8 Å². The van der Waals surface area contributed by atoms with Gasteiger partial charge in [0.15, 0.2) is 0 Å². The van der Waals surface area contributed by atoms with E-state index in [4.69, 9.17) is 4.74 Å². The van der Waals surface area contributed by atoms with Crippen LogP contribution in [0.2, 0.25) is 0 Å². The van der Waals surface area contributed by atoms with Gasteiger partial charge in [0, 0.05) is 30.2 Å². The smallest absolute Gasteiger partial charge is 0.254 e. The lowest BCUT2D eigenvalue weighted by molar-refractivity contribution is 0.0642. The van der Waals surface area contributed by atoms with Gasteiger partial charge in [0.05, 0.1) is 0 Å². The quantitative estimate of drug-likeness (QED) is 0.714. The molecule has 2 fully saturated rings. The van der Waals surface area contributed by atoms with Gasteiger partial charge in [-0.1, -0.05) is 43.2 Å². The Morgan fingerprint density at radius 1 is 1.06 bits per heavy atom. The molecule has 2 saturated heterocycles. The normalized spacial score (nSPS) is 23.5. The molecule has 3 atom stereocenters. The van der Waals surface area contributed by atoms with Crippen LogP contribution in [-0.2, 0) is 6.42 Å². The second-order valence-corrected chi connectivity index (χ2v) is 9.45. The van der Waals surface area contributed by atoms with Crippen molar-refractivity contribution in [3.8, 4) is 5.75 Å². The van der Waals surface area contributed by atoms with Gasteiger partial charge in [-0.25, -0.2) is 0 Å². The number of nitrogens with zero attached hydrogens (tertiary/aromatic N) is 2. The van der Waals surface area contributed by atoms with Crippen molar-refractivity contribution in [3.63, 3.8) is 0 Å². The molecule has 2 aromatic rings. The first-order valence-corrected chi connectivity index (χ1v) is 12.1. The summed E-state index contributed by atoms with van der Waals surface area (Å²) >= 11 is 0. The number of nitrogens with one attached hydrogen (secondary N) is 1. The molecule has 0 radical (unpaired) electrons. The van der Waals surface area contributed by atoms with Crippen molar-refractivity contribution in [1.82, 2.24) is 15.1 Å². The summed E-state index contributed by atoms with van der Waals surface area (Å²) in [4.78, 5) is 18.1. The van der Waals surface area contributed by atoms with Crippen LogP contribution >= 0.6 is 0 Å². The first-order chi connectivity index (χ1) is 15.6. The number of benzene rings is 2. The Hall–Kier alpha value is -2.37. The molecule has 0 unspecified atom stereocenters. The van der Waals surface area contributed by atoms with E-state index in [1.54, 1.807) is 0 Å². The largest absolute Gasteiger partial charge is 0.492 e. The lowest BCUT2D eigenvalue weighted by Crippen LogP contribution is -2.47. The summed E-state index contributed by atoms with van der Waals surface area (Å²) < 4.78 is 5.82. The maximum absolute atomic E-state index is 13.8. The highest BCUT2D eigenvalue weighted by atomic mass is 16.5. The molecule has 4 rings (SSSR count). The minimum absolute atomic E-state index is 0.153. The third kappa shape index (κ3) is 5.70. The molecule has 5 nitrogen and oxygen atoms in total. The molecule has 1 amide bonds. The van der Waals surface area contributed by atoms with Gasteiger partial charge in [-0.2, -0.15) is 0 Å². The molecule has 2 aliphatic rings. The number of carbonyl (C=O) groups is 1. The van der Waals surface area contributed by atoms with Crippen LogP contribution in [0.1, 0.15) is 48.0 Å². The van der Waals surface area contributed by atoms with Gasteiger partial charge in [-0.3, -0.25) is 4.79 Å². The fourth-order valence-electron chi connectivity index (χ4n) is 5.10. The molecule has 0 bridgehead atoms. The van der Waals surface area contributed by atoms with Crippen molar-refractivity contribution >= 4 is 5.91 Å². The number of carbonyl (C=O) groups excluding carboxylic acids is 1. The first kappa shape index (κ1) is 22.8. The number of fused-ring (bicyclic) bond motifs is 1. The van der Waals surface area contributed by atoms with Gasteiger partial charge >= 0.3 is 0 Å². The Morgan fingerprint density at radius 2 is 1.84 bits per heavy atom. The Morgan fingerprint density at radius 3 is 2.59 bits per heavy atom. The molecular weight excluding hydrogens is 398 g/mol. The zero-order valence-electron chi connectivity index (χ0n) is 19.5. The molecule has 1 N–H and O–H groups in total. The van der Waals surface area contributed by atoms with E-state index in [2.05, 4.69) is 45.4 Å². The summed E-state index contributed by atoms with van der Waals surface area (Å²) in [6, 6.07) is 19.2. The van der Waals surface area contributed by atoms with E-state index >= 15 is 0 Å². The predicted molar refractivity (Wildman–Crippen MR) is 129 cm³/mol. The SMILES string of the molecule is CN(C)CCOc1ccc(C(=O)N2[C@@H](Cc3ccccc3)C[C@H]3NCCCCC[C@@H]32)cc1. The minimum Gasteiger partial charge on any atom is -0.492 e. The number of hydrogen-bond donors (Lipinski definition) is 1. The van der Waals surface area contributed by atoms with Gasteiger partial charge in [0.2, 0.25) is 0 Å². The Bertz CT molecular complexity index is 853. The van der Waals surface area contributed by atoms with Gasteiger partial charge < -0.3 is 19.9 Å². The zero-order valence-corrected chi connectivity index (χ0v) is 19.5. The van der Waals surface area contributed by atoms with Crippen LogP contribution < -0.4 is 10.1 Å². The number of rotatable bonds is 7. The lowest BCUT2D eigenvalue weighted by Gasteiger charge is -2.33. The monoisotopic (exact) mass is 435 g/mol. The Labute approximate surface area is 192 Å². The summed E-state index contributed by atoms with van der Waals surface area (Å²) in [6.07, 6.45) is 6.68. The minimum atomic E-state index is 0.153. The number of ether oxygens (including phenoxy) is 1. The summed E-state index contributed by atoms with van der Waals surface area (Å²) in [5.74, 6) is 0.969. The van der Waals surface area contributed by atoms with E-state index in [1.807, 2.05) is 38.4 Å². The molecule has 2 aliphatic heterocycles. The highest BCUT2D eigenvalue weighted by molar-refractivity contribution is 5.95. The predicted octanol–water partition coefficient (Wildman–Crippen LogP) is 3.99. The van der Waals surface area contributed by atoms with Crippen LogP contribution in [0.25, 0.3) is 0 Å². The van der Waals surface area contributed by atoms with E-state index in [-0.39, 0.29) is 18.0 Å². The average molecular weight is 436 g/mol. The van der Waals surface area contributed by atoms with Crippen molar-refractivity contribution in [2.75, 3.05) is 33.8 Å². The standard InChI is InChI=1S/C27H37N3O2/c1-29(2)17-18-32-24-14-12-22(13-15-24)27(31)30-23(19-21-9-5-3-6-10-21)20-25-26(30)11-7-4-8-16-28-25/h3,5-6,9-10,12-15,23,25-26,28H,4,7-8,11,16-20H2,1-2H3/t23-,25+,26-/m0/s1. The molecular formula is C27H37N3O2. The van der Waals surface area contributed by atoms with Gasteiger partial charge in [0.1, 0.15) is 12.4 Å². The van der Waals surface area contributed by atoms with E-state index in [9.17, 15) is 4.79 Å². The molecule has 0 saturated carbocycles. The number of amides is 1. The zero-order chi connectivity index (χ0) is 22.3. The first-order valence-electron chi connectivity index (χ1n) is 12.1. The lowest BCUT2D eigenvalue weighted by atomic mass is 9.98. The maximum Gasteiger partial charge on any atom is 0.254 e. The van der Waals surface area contributed by atoms with Gasteiger partial charge in [-0.15, -0.1) is 0 Å². The van der Waals surface area contributed by atoms with Crippen molar-refractivity contribution in [1.29, 1.82) is 0 Å². The Kier molecular flexibility index (Phi) is 7.82. The van der Waals surface area contributed by atoms with E-state index < -0.39 is 0 Å². The second-order valence-electron chi connectivity index (χ2n) is 9.45. The van der Waals surface area contributed by atoms with Gasteiger partial charge in [-0.05, 0) is 76.2 Å². The topological polar surface area (TPSA) is 44.8 Å². The van der Waals surface area contributed by atoms with Crippen LogP contribution in [0.4, 0.5) is 0 Å². The summed E-state index contributed by atoms with van der Waals surface area (Å²) in [5.41, 5.74) is 2.06. The van der Waals surface area contributed by atoms with Crippen LogP contribution in [-0.4, -0.2) is 67.6 Å². The van der Waals surface area contributed by atoms with Crippen LogP contribution in [0.3, 0.4) is 0 Å². The van der Waals surface area contributed by atoms with Crippen LogP contribution in [0.15, 0.2) is 54.6 Å². The van der Waals surface area contributed by atoms with Crippen molar-refractivity contribution in [2.24, 2.45) is 0 Å². The molecule has 0 aliphatic carbocycles. The Balaban J connectivity index is 1.51. The third-order valence-electron chi connectivity index (χ3n) is 6.78. The highest BCUT2D eigenvalue weighted by Crippen LogP contribution is 2.33. The molecule has 2 aromatic carbocycles. The summed E-state index contributed by atoms with van der Waals surface area (Å²) in [5, 5.41) is 3.76. The summed E-state index contributed by atoms with van der Waals surface area (Å²) in [7, 11) is 4.06. The third-order valence-corrected chi connectivity index (χ3v) is 6.78. The van der Waals surface area contributed by atoms with Gasteiger partial charge in [0.25, 0.3) is 5.91 Å². The maximum atomic E-state index is 13.8. The molecule has 32 heavy (non-hydrogen) atoms. The van der Waals surface area contributed by atoms with Crippen LogP contribution in [0, 0.1) is 0 Å². The summed E-state index contributed by atoms with van der Waals surface area (Å²) in [6.45, 7) is 2.56. The van der Waals surface area contributed by atoms with Crippen molar-refractivity contribution in [2.45, 2.75) is 56.7 Å². The number of likely N-dealkylation sites (tertiary alicyclic amines) is 1. The fourth-order valence-corrected chi connectivity index (χ4v) is 5.10. The molecule has 5 heteroatoms. The van der Waals surface area contributed by atoms with E-state index in [0.29, 0.717) is 12.6 Å². The molecule has 2 heterocycles. The fraction of sp³-hybridized carbons (Fsp3) is 0.519. The van der Waals surface area contributed by atoms with Crippen LogP contribution in [0.5, 0.6) is 5.75 Å². The highest BCUT2D eigenvalue weighted by Gasteiger charge is 2.43. The molecule has 0 aromatic heterocycles. The molecule has 0 spiro atoms. The molecule has 172 valence electrons. The number of hydrogen-bond acceptors (Lipinski definition) is 4. The van der Waals surface area contributed by atoms with Crippen molar-refractivity contribution in [3.05, 3.63) is 65.7 Å². The van der Waals surface area contributed by atoms with E-state index in [0.717, 1.165) is 43.7 Å². The number of likely N-dealkylation sites (N-methyl/N-ethyl adjacent to an activating group) is 1. The van der Waals surface area contributed by atoms with Crippen molar-refractivity contribution < 1.29 is 9.53 Å². The average Bonchev–Trinajstić information content (AvgIpc) is 3.10.